The molecule has 3 N–H and O–H groups in total. The van der Waals surface area contributed by atoms with Gasteiger partial charge in [0.25, 0.3) is 21.6 Å². The largest absolute Gasteiger partial charge is 0.474 e. The third kappa shape index (κ3) is 9.49. The molecular weight excluding hydrogens is 854 g/mol. The number of carbonyl (C=O) groups is 1. The summed E-state index contributed by atoms with van der Waals surface area (Å²) < 4.78 is 41.6. The summed E-state index contributed by atoms with van der Waals surface area (Å²) in [5.41, 5.74) is 7.22. The van der Waals surface area contributed by atoms with E-state index in [0.29, 0.717) is 49.2 Å². The summed E-state index contributed by atoms with van der Waals surface area (Å²) in [5, 5.41) is 16.9. The van der Waals surface area contributed by atoms with Crippen LogP contribution in [0.4, 0.5) is 22.7 Å². The average molecular weight is 909 g/mol. The quantitative estimate of drug-likeness (QED) is 0.0805. The van der Waals surface area contributed by atoms with Gasteiger partial charge in [-0.3, -0.25) is 19.8 Å². The number of nitro benzene ring substituents is 1. The molecule has 64 heavy (non-hydrogen) atoms. The average Bonchev–Trinajstić information content (AvgIpc) is 3.76. The molecule has 4 aliphatic rings. The van der Waals surface area contributed by atoms with E-state index in [4.69, 9.17) is 26.1 Å². The van der Waals surface area contributed by atoms with Crippen LogP contribution in [0, 0.1) is 21.4 Å². The van der Waals surface area contributed by atoms with Crippen molar-refractivity contribution in [2.45, 2.75) is 69.6 Å². The van der Waals surface area contributed by atoms with E-state index in [1.54, 1.807) is 12.3 Å². The maximum atomic E-state index is 14.3. The Kier molecular flexibility index (Phi) is 12.4. The third-order valence-corrected chi connectivity index (χ3v) is 14.9. The number of piperidine rings is 1. The van der Waals surface area contributed by atoms with Crippen molar-refractivity contribution in [1.82, 2.24) is 19.6 Å². The molecule has 14 nitrogen and oxygen atoms in total. The van der Waals surface area contributed by atoms with Crippen molar-refractivity contribution < 1.29 is 27.6 Å². The second-order valence-corrected chi connectivity index (χ2v) is 20.4. The summed E-state index contributed by atoms with van der Waals surface area (Å²) in [6.45, 7) is 9.80. The molecule has 9 rings (SSSR count). The maximum Gasteiger partial charge on any atom is 0.293 e. The van der Waals surface area contributed by atoms with Crippen molar-refractivity contribution in [3.63, 3.8) is 0 Å². The molecule has 5 aromatic rings. The fourth-order valence-electron chi connectivity index (χ4n) is 9.67. The van der Waals surface area contributed by atoms with Crippen LogP contribution in [0.2, 0.25) is 5.02 Å². The number of H-pyrrole nitrogens is 1. The number of nitro groups is 1. The Morgan fingerprint density at radius 3 is 2.58 bits per heavy atom. The van der Waals surface area contributed by atoms with Crippen molar-refractivity contribution in [3.05, 3.63) is 116 Å². The van der Waals surface area contributed by atoms with Gasteiger partial charge < -0.3 is 24.7 Å². The fraction of sp³-hybridized carbons (Fsp3) is 0.417. The lowest BCUT2D eigenvalue weighted by Gasteiger charge is -2.38. The number of ether oxygens (including phenoxy) is 2. The topological polar surface area (TPSA) is 172 Å². The van der Waals surface area contributed by atoms with Gasteiger partial charge in [-0.1, -0.05) is 49.2 Å². The number of aromatic nitrogens is 2. The van der Waals surface area contributed by atoms with Crippen LogP contribution in [0.25, 0.3) is 16.6 Å². The number of fused-ring (bicyclic) bond motifs is 2. The zero-order valence-electron chi connectivity index (χ0n) is 36.2. The van der Waals surface area contributed by atoms with Gasteiger partial charge in [0.15, 0.2) is 0 Å². The highest BCUT2D eigenvalue weighted by molar-refractivity contribution is 7.90. The number of amides is 1. The minimum atomic E-state index is -4.55. The molecule has 1 unspecified atom stereocenters. The molecule has 336 valence electrons. The van der Waals surface area contributed by atoms with E-state index in [9.17, 15) is 23.3 Å². The Balaban J connectivity index is 0.975. The molecule has 1 atom stereocenters. The highest BCUT2D eigenvalue weighted by Crippen LogP contribution is 2.45. The number of allylic oxidation sites excluding steroid dienone is 1. The zero-order chi connectivity index (χ0) is 44.6. The predicted molar refractivity (Wildman–Crippen MR) is 249 cm³/mol. The minimum absolute atomic E-state index is 0.135. The van der Waals surface area contributed by atoms with E-state index in [-0.39, 0.29) is 35.1 Å². The number of halogens is 1. The molecule has 0 radical (unpaired) electrons. The van der Waals surface area contributed by atoms with Crippen molar-refractivity contribution >= 4 is 66.9 Å². The van der Waals surface area contributed by atoms with E-state index in [2.05, 4.69) is 45.9 Å². The molecule has 0 bridgehead atoms. The van der Waals surface area contributed by atoms with Gasteiger partial charge in [0.05, 0.1) is 34.2 Å². The Labute approximate surface area is 378 Å². The number of nitrogens with one attached hydrogen (secondary N) is 3. The number of hydrogen-bond acceptors (Lipinski definition) is 11. The van der Waals surface area contributed by atoms with E-state index in [1.165, 1.54) is 28.8 Å². The van der Waals surface area contributed by atoms with Gasteiger partial charge in [-0.15, -0.1) is 0 Å². The van der Waals surface area contributed by atoms with Crippen LogP contribution >= 0.6 is 11.6 Å². The number of pyridine rings is 1. The maximum absolute atomic E-state index is 14.3. The number of benzene rings is 3. The number of aromatic amines is 1. The molecule has 1 amide bonds. The summed E-state index contributed by atoms with van der Waals surface area (Å²) >= 11 is 6.27. The van der Waals surface area contributed by atoms with Crippen LogP contribution in [0.5, 0.6) is 5.88 Å². The first-order valence-corrected chi connectivity index (χ1v) is 24.1. The van der Waals surface area contributed by atoms with Crippen LogP contribution in [0.15, 0.2) is 89.5 Å². The SMILES string of the molecule is CC1(C)CCC(CN2CCC(c3ccc(C(=O)NS(=O)(=O)c4ccc(NCC5CCCOC5)c([N+](=O)[O-])c4)c(N4CCOc5nc6[nH]ccc6cc54)c3)CC2)=C(c2ccc(Cl)cc2)C1. The third-order valence-electron chi connectivity index (χ3n) is 13.3. The second kappa shape index (κ2) is 18.2. The molecule has 3 aliphatic heterocycles. The van der Waals surface area contributed by atoms with Gasteiger partial charge in [-0.25, -0.2) is 13.1 Å². The number of nitrogens with zero attached hydrogens (tertiary/aromatic N) is 4. The molecule has 0 saturated carbocycles. The van der Waals surface area contributed by atoms with Gasteiger partial charge in [-0.2, -0.15) is 4.98 Å². The fourth-order valence-corrected chi connectivity index (χ4v) is 10.8. The molecule has 0 spiro atoms. The number of sulfonamides is 1. The lowest BCUT2D eigenvalue weighted by atomic mass is 9.72. The molecule has 2 fully saturated rings. The summed E-state index contributed by atoms with van der Waals surface area (Å²) in [4.78, 5) is 37.8. The Morgan fingerprint density at radius 1 is 1.00 bits per heavy atom. The molecule has 16 heteroatoms. The minimum Gasteiger partial charge on any atom is -0.474 e. The lowest BCUT2D eigenvalue weighted by molar-refractivity contribution is -0.384. The van der Waals surface area contributed by atoms with E-state index in [0.717, 1.165) is 86.6 Å². The first-order chi connectivity index (χ1) is 30.8. The predicted octanol–water partition coefficient (Wildman–Crippen LogP) is 9.46. The van der Waals surface area contributed by atoms with Crippen LogP contribution in [0.1, 0.15) is 86.2 Å². The summed E-state index contributed by atoms with van der Waals surface area (Å²) in [6.07, 6.45) is 8.70. The van der Waals surface area contributed by atoms with Gasteiger partial charge in [0.1, 0.15) is 23.6 Å². The van der Waals surface area contributed by atoms with Gasteiger partial charge in [-0.05, 0) is 141 Å². The molecular formula is C48H54ClN7O7S. The van der Waals surface area contributed by atoms with Gasteiger partial charge >= 0.3 is 0 Å². The van der Waals surface area contributed by atoms with E-state index < -0.39 is 31.4 Å². The monoisotopic (exact) mass is 907 g/mol. The molecule has 2 aromatic heterocycles. The van der Waals surface area contributed by atoms with Crippen molar-refractivity contribution in [2.24, 2.45) is 11.3 Å². The number of carbonyl (C=O) groups excluding carboxylic acids is 1. The van der Waals surface area contributed by atoms with Crippen molar-refractivity contribution in [2.75, 3.05) is 62.8 Å². The lowest BCUT2D eigenvalue weighted by Crippen LogP contribution is -2.36. The van der Waals surface area contributed by atoms with Crippen LogP contribution in [-0.2, 0) is 14.8 Å². The molecule has 2 saturated heterocycles. The summed E-state index contributed by atoms with van der Waals surface area (Å²) in [7, 11) is -4.55. The van der Waals surface area contributed by atoms with E-state index >= 15 is 0 Å². The Morgan fingerprint density at radius 2 is 1.81 bits per heavy atom. The van der Waals surface area contributed by atoms with Gasteiger partial charge in [0, 0.05) is 42.4 Å². The van der Waals surface area contributed by atoms with Crippen molar-refractivity contribution in [1.29, 1.82) is 0 Å². The van der Waals surface area contributed by atoms with Crippen LogP contribution in [-0.4, -0.2) is 86.7 Å². The second-order valence-electron chi connectivity index (χ2n) is 18.3. The molecule has 5 heterocycles. The van der Waals surface area contributed by atoms with Crippen LogP contribution < -0.4 is 19.7 Å². The smallest absolute Gasteiger partial charge is 0.293 e. The zero-order valence-corrected chi connectivity index (χ0v) is 37.8. The summed E-state index contributed by atoms with van der Waals surface area (Å²) in [5.74, 6) is -0.0772. The standard InChI is InChI=1S/C48H54ClN7O7S/c1-48(2)17-13-36(40(27-48)33-5-8-37(49)9-6-33)29-54-19-15-32(16-20-54)34-7-11-39(42(24-34)55-21-23-63-47-44(55)25-35-14-18-50-45(35)52-47)46(57)53-64(60,61)38-10-12-41(43(26-38)56(58)59)51-28-31-4-3-22-62-30-31/h5-12,14,18,24-26,31-32,51H,3-4,13,15-17,19-23,27-30H2,1-2H3,(H,50,52)(H,53,57). The van der Waals surface area contributed by atoms with Crippen molar-refractivity contribution in [3.8, 4) is 5.88 Å². The molecule has 1 aliphatic carbocycles. The number of rotatable bonds is 12. The highest BCUT2D eigenvalue weighted by atomic mass is 35.5. The molecule has 3 aromatic carbocycles. The van der Waals surface area contributed by atoms with E-state index in [1.807, 2.05) is 41.3 Å². The summed E-state index contributed by atoms with van der Waals surface area (Å²) in [6, 6.07) is 21.3. The first-order valence-electron chi connectivity index (χ1n) is 22.2. The Bertz CT molecular complexity index is 2710. The number of likely N-dealkylation sites (tertiary alicyclic amines) is 1. The normalized spacial score (nSPS) is 19.5. The first kappa shape index (κ1) is 43.8. The number of anilines is 3. The van der Waals surface area contributed by atoms with Gasteiger partial charge in [0.2, 0.25) is 5.88 Å². The Hall–Kier alpha value is -5.48. The number of hydrogen-bond donors (Lipinski definition) is 3. The highest BCUT2D eigenvalue weighted by Gasteiger charge is 2.33. The van der Waals surface area contributed by atoms with Crippen LogP contribution in [0.3, 0.4) is 0 Å².